The Morgan fingerprint density at radius 3 is 2.67 bits per heavy atom. The topological polar surface area (TPSA) is 115 Å². The van der Waals surface area contributed by atoms with Crippen molar-refractivity contribution < 1.29 is 34.0 Å². The Kier molecular flexibility index (Phi) is 4.84. The molecule has 1 aliphatic heterocycles. The lowest BCUT2D eigenvalue weighted by Crippen LogP contribution is -2.54. The summed E-state index contributed by atoms with van der Waals surface area (Å²) in [6, 6.07) is 3.17. The predicted molar refractivity (Wildman–Crippen MR) is 67.6 cm³/mol. The van der Waals surface area contributed by atoms with Crippen LogP contribution in [-0.2, 0) is 30.2 Å². The molecule has 1 aromatic rings. The van der Waals surface area contributed by atoms with Crippen LogP contribution in [0.2, 0.25) is 0 Å². The Labute approximate surface area is 120 Å². The molecular weight excluding hydrogens is 282 g/mol. The zero-order valence-electron chi connectivity index (χ0n) is 11.1. The zero-order valence-corrected chi connectivity index (χ0v) is 11.1. The number of hydrogen-bond donors (Lipinski definition) is 2. The van der Waals surface area contributed by atoms with Crippen LogP contribution < -0.4 is 0 Å². The molecule has 0 radical (unpaired) electrons. The molecule has 21 heavy (non-hydrogen) atoms. The number of carbonyl (C=O) groups is 2. The molecule has 1 atom stereocenters. The fourth-order valence-electron chi connectivity index (χ4n) is 1.93. The van der Waals surface area contributed by atoms with Crippen LogP contribution in [-0.4, -0.2) is 58.8 Å². The predicted octanol–water partition coefficient (Wildman–Crippen LogP) is -0.0784. The average molecular weight is 297 g/mol. The maximum atomic E-state index is 11.5. The minimum absolute atomic E-state index is 0.0185. The summed E-state index contributed by atoms with van der Waals surface area (Å²) < 4.78 is 15.5. The first-order valence-corrected chi connectivity index (χ1v) is 6.27. The molecule has 8 nitrogen and oxygen atoms in total. The normalized spacial score (nSPS) is 19.1. The summed E-state index contributed by atoms with van der Waals surface area (Å²) in [7, 11) is 0. The smallest absolute Gasteiger partial charge is 0.348 e. The van der Waals surface area contributed by atoms with Crippen molar-refractivity contribution in [2.75, 3.05) is 19.8 Å². The average Bonchev–Trinajstić information content (AvgIpc) is 2.48. The molecule has 1 unspecified atom stereocenters. The summed E-state index contributed by atoms with van der Waals surface area (Å²) in [5.74, 6) is -3.21. The van der Waals surface area contributed by atoms with Gasteiger partial charge < -0.3 is 24.4 Å². The van der Waals surface area contributed by atoms with Crippen molar-refractivity contribution >= 4 is 11.9 Å². The Bertz CT molecular complexity index is 485. The van der Waals surface area contributed by atoms with E-state index in [9.17, 15) is 19.8 Å². The second kappa shape index (κ2) is 6.61. The van der Waals surface area contributed by atoms with Crippen molar-refractivity contribution in [3.8, 4) is 0 Å². The summed E-state index contributed by atoms with van der Waals surface area (Å²) in [5.41, 5.74) is -2.02. The van der Waals surface area contributed by atoms with Crippen molar-refractivity contribution in [1.82, 2.24) is 4.98 Å². The van der Waals surface area contributed by atoms with E-state index in [0.29, 0.717) is 12.2 Å². The molecule has 2 rings (SSSR count). The van der Waals surface area contributed by atoms with E-state index in [1.165, 1.54) is 12.4 Å². The van der Waals surface area contributed by atoms with Crippen molar-refractivity contribution in [2.24, 2.45) is 0 Å². The monoisotopic (exact) mass is 297 g/mol. The van der Waals surface area contributed by atoms with Crippen LogP contribution in [0.1, 0.15) is 5.56 Å². The van der Waals surface area contributed by atoms with Crippen LogP contribution >= 0.6 is 0 Å². The highest BCUT2D eigenvalue weighted by Gasteiger charge is 2.50. The van der Waals surface area contributed by atoms with Gasteiger partial charge in [-0.05, 0) is 11.6 Å². The van der Waals surface area contributed by atoms with Gasteiger partial charge >= 0.3 is 11.9 Å². The highest BCUT2D eigenvalue weighted by Crippen LogP contribution is 2.23. The molecular formula is C13H15NO7. The SMILES string of the molecule is O=C(O)C(Cc1cccnc1)(OC1COCCO1)C(=O)O. The molecule has 0 saturated carbocycles. The minimum atomic E-state index is -2.45. The van der Waals surface area contributed by atoms with E-state index in [-0.39, 0.29) is 19.6 Å². The number of ether oxygens (including phenoxy) is 3. The highest BCUT2D eigenvalue weighted by atomic mass is 16.7. The molecule has 0 aromatic carbocycles. The quantitative estimate of drug-likeness (QED) is 0.701. The van der Waals surface area contributed by atoms with E-state index in [1.54, 1.807) is 12.1 Å². The summed E-state index contributed by atoms with van der Waals surface area (Å²) in [4.78, 5) is 26.9. The first-order valence-electron chi connectivity index (χ1n) is 6.27. The van der Waals surface area contributed by atoms with Gasteiger partial charge in [0.25, 0.3) is 5.60 Å². The molecule has 2 heterocycles. The number of nitrogens with zero attached hydrogens (tertiary/aromatic N) is 1. The van der Waals surface area contributed by atoms with Crippen molar-refractivity contribution in [3.63, 3.8) is 0 Å². The molecule has 0 aliphatic carbocycles. The van der Waals surface area contributed by atoms with E-state index in [4.69, 9.17) is 14.2 Å². The fourth-order valence-corrected chi connectivity index (χ4v) is 1.93. The number of rotatable bonds is 6. The van der Waals surface area contributed by atoms with E-state index in [2.05, 4.69) is 4.98 Å². The lowest BCUT2D eigenvalue weighted by molar-refractivity contribution is -0.259. The van der Waals surface area contributed by atoms with E-state index in [1.807, 2.05) is 0 Å². The molecule has 0 bridgehead atoms. The maximum Gasteiger partial charge on any atom is 0.348 e. The summed E-state index contributed by atoms with van der Waals surface area (Å²) in [6.07, 6.45) is 1.49. The molecule has 1 aromatic heterocycles. The number of aromatic nitrogens is 1. The standard InChI is InChI=1S/C13H15NO7/c15-11(16)13(12(17)18,6-9-2-1-3-14-7-9)21-10-8-19-4-5-20-10/h1-3,7,10H,4-6,8H2,(H,15,16)(H,17,18). The van der Waals surface area contributed by atoms with Crippen LogP contribution in [0.3, 0.4) is 0 Å². The molecule has 2 N–H and O–H groups in total. The van der Waals surface area contributed by atoms with Gasteiger partial charge in [-0.3, -0.25) is 4.98 Å². The van der Waals surface area contributed by atoms with Gasteiger partial charge in [0.1, 0.15) is 0 Å². The van der Waals surface area contributed by atoms with Crippen LogP contribution in [0.15, 0.2) is 24.5 Å². The van der Waals surface area contributed by atoms with Gasteiger partial charge in [-0.2, -0.15) is 0 Å². The maximum absolute atomic E-state index is 11.5. The van der Waals surface area contributed by atoms with Crippen molar-refractivity contribution in [2.45, 2.75) is 18.3 Å². The second-order valence-corrected chi connectivity index (χ2v) is 4.47. The fraction of sp³-hybridized carbons (Fsp3) is 0.462. The molecule has 1 fully saturated rings. The van der Waals surface area contributed by atoms with E-state index < -0.39 is 23.8 Å². The van der Waals surface area contributed by atoms with Crippen LogP contribution in [0, 0.1) is 0 Å². The number of carboxylic acids is 2. The Morgan fingerprint density at radius 2 is 2.14 bits per heavy atom. The number of pyridine rings is 1. The summed E-state index contributed by atoms with van der Waals surface area (Å²) >= 11 is 0. The van der Waals surface area contributed by atoms with E-state index >= 15 is 0 Å². The minimum Gasteiger partial charge on any atom is -0.479 e. The lowest BCUT2D eigenvalue weighted by atomic mass is 9.95. The first-order chi connectivity index (χ1) is 10.0. The summed E-state index contributed by atoms with van der Waals surface area (Å²) in [5, 5.41) is 18.7. The third kappa shape index (κ3) is 3.54. The second-order valence-electron chi connectivity index (χ2n) is 4.47. The molecule has 114 valence electrons. The number of hydrogen-bond acceptors (Lipinski definition) is 6. The van der Waals surface area contributed by atoms with Gasteiger partial charge in [0.15, 0.2) is 6.29 Å². The van der Waals surface area contributed by atoms with Gasteiger partial charge in [-0.25, -0.2) is 9.59 Å². The van der Waals surface area contributed by atoms with Crippen LogP contribution in [0.5, 0.6) is 0 Å². The van der Waals surface area contributed by atoms with Gasteiger partial charge in [0.05, 0.1) is 19.8 Å². The van der Waals surface area contributed by atoms with Crippen molar-refractivity contribution in [1.29, 1.82) is 0 Å². The highest BCUT2D eigenvalue weighted by molar-refractivity contribution is 6.02. The van der Waals surface area contributed by atoms with Crippen LogP contribution in [0.25, 0.3) is 0 Å². The van der Waals surface area contributed by atoms with Crippen molar-refractivity contribution in [3.05, 3.63) is 30.1 Å². The van der Waals surface area contributed by atoms with Gasteiger partial charge in [-0.15, -0.1) is 0 Å². The molecule has 1 aliphatic rings. The Hall–Kier alpha value is -2.03. The Balaban J connectivity index is 2.24. The molecule has 8 heteroatoms. The zero-order chi connectivity index (χ0) is 15.3. The third-order valence-corrected chi connectivity index (χ3v) is 2.98. The lowest BCUT2D eigenvalue weighted by Gasteiger charge is -2.31. The number of aliphatic carboxylic acids is 2. The first kappa shape index (κ1) is 15.4. The van der Waals surface area contributed by atoms with Gasteiger partial charge in [0, 0.05) is 18.8 Å². The molecule has 0 amide bonds. The van der Waals surface area contributed by atoms with Gasteiger partial charge in [0.2, 0.25) is 0 Å². The number of carboxylic acid groups (broad SMARTS) is 2. The molecule has 0 spiro atoms. The van der Waals surface area contributed by atoms with Crippen LogP contribution in [0.4, 0.5) is 0 Å². The van der Waals surface area contributed by atoms with E-state index in [0.717, 1.165) is 0 Å². The molecule has 1 saturated heterocycles. The summed E-state index contributed by atoms with van der Waals surface area (Å²) in [6.45, 7) is 0.553. The third-order valence-electron chi connectivity index (χ3n) is 2.98. The Morgan fingerprint density at radius 1 is 1.38 bits per heavy atom. The van der Waals surface area contributed by atoms with Gasteiger partial charge in [-0.1, -0.05) is 6.07 Å². The largest absolute Gasteiger partial charge is 0.479 e.